The summed E-state index contributed by atoms with van der Waals surface area (Å²) in [5, 5.41) is 26.4. The molecule has 37 heavy (non-hydrogen) atoms. The van der Waals surface area contributed by atoms with E-state index in [1.54, 1.807) is 0 Å². The molecule has 3 saturated heterocycles. The first-order valence-corrected chi connectivity index (χ1v) is 14.3. The van der Waals surface area contributed by atoms with Crippen LogP contribution in [0.1, 0.15) is 63.9 Å². The number of hydrogen-bond acceptors (Lipinski definition) is 5. The number of nitrogens with one attached hydrogen (secondary N) is 5. The summed E-state index contributed by atoms with van der Waals surface area (Å²) in [6, 6.07) is 8.15. The number of hydrogen-bond donors (Lipinski definition) is 6. The van der Waals surface area contributed by atoms with E-state index in [9.17, 15) is 9.59 Å². The van der Waals surface area contributed by atoms with Gasteiger partial charge in [0.25, 0.3) is 0 Å². The van der Waals surface area contributed by atoms with E-state index in [1.165, 1.54) is 4.90 Å². The fourth-order valence-electron chi connectivity index (χ4n) is 5.38. The van der Waals surface area contributed by atoms with Gasteiger partial charge in [-0.25, -0.2) is 4.79 Å². The minimum absolute atomic E-state index is 0.0605. The van der Waals surface area contributed by atoms with E-state index in [2.05, 4.69) is 22.9 Å². The molecule has 4 unspecified atom stereocenters. The minimum Gasteiger partial charge on any atom is -0.369 e. The van der Waals surface area contributed by atoms with Crippen molar-refractivity contribution in [2.24, 2.45) is 5.73 Å². The Morgan fingerprint density at radius 2 is 2.00 bits per heavy atom. The van der Waals surface area contributed by atoms with Crippen LogP contribution in [0.15, 0.2) is 24.3 Å². The van der Waals surface area contributed by atoms with Crippen molar-refractivity contribution in [2.45, 2.75) is 87.4 Å². The molecule has 0 radical (unpaired) electrons. The molecule has 0 spiro atoms. The summed E-state index contributed by atoms with van der Waals surface area (Å²) in [5.74, 6) is 0.159. The number of piperidine rings is 1. The third kappa shape index (κ3) is 7.09. The summed E-state index contributed by atoms with van der Waals surface area (Å²) >= 11 is 1.84. The predicted molar refractivity (Wildman–Crippen MR) is 149 cm³/mol. The second kappa shape index (κ2) is 12.5. The van der Waals surface area contributed by atoms with E-state index in [0.717, 1.165) is 57.1 Å². The first-order valence-electron chi connectivity index (χ1n) is 13.4. The highest BCUT2D eigenvalue weighted by Crippen LogP contribution is 2.37. The van der Waals surface area contributed by atoms with Crippen LogP contribution in [0.4, 0.5) is 10.5 Å². The maximum absolute atomic E-state index is 12.2. The van der Waals surface area contributed by atoms with Gasteiger partial charge in [0.05, 0.1) is 17.1 Å². The molecule has 0 aromatic heterocycles. The van der Waals surface area contributed by atoms with Crippen LogP contribution in [0.5, 0.6) is 0 Å². The van der Waals surface area contributed by atoms with Crippen LogP contribution in [-0.2, 0) is 11.2 Å². The molecule has 0 aliphatic carbocycles. The Morgan fingerprint density at radius 3 is 2.70 bits per heavy atom. The lowest BCUT2D eigenvalue weighted by Gasteiger charge is -2.39. The maximum atomic E-state index is 12.2. The van der Waals surface area contributed by atoms with E-state index in [4.69, 9.17) is 16.6 Å². The number of likely N-dealkylation sites (tertiary alicyclic amines) is 1. The number of nitrogens with two attached hydrogens (primary N) is 1. The Kier molecular flexibility index (Phi) is 9.18. The normalized spacial score (nSPS) is 24.7. The van der Waals surface area contributed by atoms with Gasteiger partial charge in [-0.15, -0.1) is 11.8 Å². The van der Waals surface area contributed by atoms with Gasteiger partial charge in [-0.2, -0.15) is 0 Å². The predicted octanol–water partition coefficient (Wildman–Crippen LogP) is 2.93. The summed E-state index contributed by atoms with van der Waals surface area (Å²) in [4.78, 5) is 27.1. The maximum Gasteiger partial charge on any atom is 0.316 e. The molecule has 3 aliphatic heterocycles. The summed E-state index contributed by atoms with van der Waals surface area (Å²) in [6.07, 6.45) is 8.45. The van der Waals surface area contributed by atoms with Crippen molar-refractivity contribution in [1.29, 1.82) is 10.8 Å². The van der Waals surface area contributed by atoms with Crippen LogP contribution in [0.2, 0.25) is 0 Å². The number of carbonyl (C=O) groups is 2. The van der Waals surface area contributed by atoms with Crippen LogP contribution >= 0.6 is 11.8 Å². The summed E-state index contributed by atoms with van der Waals surface area (Å²) in [6.45, 7) is 3.49. The molecule has 3 fully saturated rings. The first kappa shape index (κ1) is 27.1. The monoisotopic (exact) mass is 528 g/mol. The lowest BCUT2D eigenvalue weighted by atomic mass is 10.0. The van der Waals surface area contributed by atoms with Crippen LogP contribution in [0.3, 0.4) is 0 Å². The number of anilines is 1. The largest absolute Gasteiger partial charge is 0.369 e. The number of carbonyl (C=O) groups excluding carboxylic acids is 2. The van der Waals surface area contributed by atoms with Gasteiger partial charge in [-0.3, -0.25) is 20.5 Å². The number of fused-ring (bicyclic) bond motifs is 1. The van der Waals surface area contributed by atoms with Gasteiger partial charge < -0.3 is 26.6 Å². The topological polar surface area (TPSA) is 150 Å². The van der Waals surface area contributed by atoms with Gasteiger partial charge in [-0.05, 0) is 69.6 Å². The highest BCUT2D eigenvalue weighted by molar-refractivity contribution is 8.00. The Balaban J connectivity index is 1.14. The molecule has 3 amide bonds. The summed E-state index contributed by atoms with van der Waals surface area (Å²) in [5.41, 5.74) is 7.64. The van der Waals surface area contributed by atoms with E-state index in [0.29, 0.717) is 30.3 Å². The fourth-order valence-corrected chi connectivity index (χ4v) is 6.96. The molecule has 1 aromatic rings. The molecule has 7 N–H and O–H groups in total. The lowest BCUT2D eigenvalue weighted by Crippen LogP contribution is -2.53. The minimum atomic E-state index is -0.166. The van der Waals surface area contributed by atoms with E-state index in [1.807, 2.05) is 40.9 Å². The lowest BCUT2D eigenvalue weighted by molar-refractivity contribution is -0.121. The van der Waals surface area contributed by atoms with Gasteiger partial charge in [0, 0.05) is 30.8 Å². The van der Waals surface area contributed by atoms with Gasteiger partial charge in [0.15, 0.2) is 5.96 Å². The molecule has 4 rings (SSSR count). The first-order chi connectivity index (χ1) is 17.8. The van der Waals surface area contributed by atoms with Crippen molar-refractivity contribution in [2.75, 3.05) is 18.0 Å². The molecule has 11 heteroatoms. The number of benzene rings is 1. The van der Waals surface area contributed by atoms with Crippen LogP contribution in [0.25, 0.3) is 0 Å². The van der Waals surface area contributed by atoms with Crippen molar-refractivity contribution >= 4 is 41.3 Å². The van der Waals surface area contributed by atoms with E-state index < -0.39 is 0 Å². The highest BCUT2D eigenvalue weighted by Gasteiger charge is 2.40. The Bertz CT molecular complexity index is 971. The molecule has 202 valence electrons. The smallest absolute Gasteiger partial charge is 0.316 e. The van der Waals surface area contributed by atoms with Crippen molar-refractivity contribution in [3.05, 3.63) is 29.8 Å². The number of nitrogens with zero attached hydrogens (tertiary/aromatic N) is 2. The standard InChI is InChI=1S/C26H40N8O2S/c1-17-6-4-5-15-33(17)25(29)34(24(27)28)19-11-9-18(10-12-19)13-14-30-22(35)8-3-2-7-20-16-21-23(37-20)32-26(36)31-21/h9-12,17,20-21,23,29H,2-8,13-16H2,1H3,(H3,27,28)(H,30,35)(H2,31,32,36). The molecular formula is C26H40N8O2S. The molecular weight excluding hydrogens is 488 g/mol. The number of thioether (sulfide) groups is 1. The van der Waals surface area contributed by atoms with Crippen molar-refractivity contribution in [3.63, 3.8) is 0 Å². The SMILES string of the molecule is CC1CCCCN1C(=N)N(C(=N)N)c1ccc(CCNC(=O)CCCCC2CC3NC(=O)NC3S2)cc1. The number of guanidine groups is 2. The Hall–Kier alpha value is -2.95. The zero-order valence-electron chi connectivity index (χ0n) is 21.6. The average Bonchev–Trinajstić information content (AvgIpc) is 3.40. The molecule has 10 nitrogen and oxygen atoms in total. The van der Waals surface area contributed by atoms with Crippen LogP contribution in [-0.4, -0.2) is 64.6 Å². The van der Waals surface area contributed by atoms with Crippen molar-refractivity contribution in [1.82, 2.24) is 20.9 Å². The van der Waals surface area contributed by atoms with Gasteiger partial charge >= 0.3 is 6.03 Å². The zero-order valence-corrected chi connectivity index (χ0v) is 22.4. The van der Waals surface area contributed by atoms with Crippen molar-refractivity contribution in [3.8, 4) is 0 Å². The van der Waals surface area contributed by atoms with Gasteiger partial charge in [0.1, 0.15) is 0 Å². The number of rotatable bonds is 9. The molecule has 4 atom stereocenters. The average molecular weight is 529 g/mol. The van der Waals surface area contributed by atoms with Crippen LogP contribution in [0, 0.1) is 10.8 Å². The molecule has 3 heterocycles. The van der Waals surface area contributed by atoms with Gasteiger partial charge in [0.2, 0.25) is 11.9 Å². The van der Waals surface area contributed by atoms with E-state index in [-0.39, 0.29) is 41.3 Å². The zero-order chi connectivity index (χ0) is 26.4. The highest BCUT2D eigenvalue weighted by atomic mass is 32.2. The summed E-state index contributed by atoms with van der Waals surface area (Å²) < 4.78 is 0. The Morgan fingerprint density at radius 1 is 1.22 bits per heavy atom. The number of amides is 3. The third-order valence-corrected chi connectivity index (χ3v) is 9.00. The molecule has 3 aliphatic rings. The van der Waals surface area contributed by atoms with Crippen molar-refractivity contribution < 1.29 is 9.59 Å². The quantitative estimate of drug-likeness (QED) is 0.165. The van der Waals surface area contributed by atoms with Gasteiger partial charge in [-0.1, -0.05) is 18.6 Å². The number of urea groups is 1. The molecule has 0 bridgehead atoms. The Labute approximate surface area is 223 Å². The van der Waals surface area contributed by atoms with Crippen LogP contribution < -0.4 is 26.6 Å². The fraction of sp³-hybridized carbons (Fsp3) is 0.615. The second-order valence-corrected chi connectivity index (χ2v) is 11.7. The molecule has 0 saturated carbocycles. The molecule has 1 aromatic carbocycles. The van der Waals surface area contributed by atoms with E-state index >= 15 is 0 Å². The number of unbranched alkanes of at least 4 members (excludes halogenated alkanes) is 1. The summed E-state index contributed by atoms with van der Waals surface area (Å²) in [7, 11) is 0. The second-order valence-electron chi connectivity index (χ2n) is 10.2. The third-order valence-electron chi connectivity index (χ3n) is 7.45.